The Kier molecular flexibility index (Phi) is 6.17. The highest BCUT2D eigenvalue weighted by Gasteiger charge is 2.23. The number of nitrogens with zero attached hydrogens (tertiary/aromatic N) is 6. The minimum Gasteiger partial charge on any atom is -0.493 e. The number of benzene rings is 1. The zero-order valence-electron chi connectivity index (χ0n) is 16.4. The molecular weight excluding hydrogens is 376 g/mol. The minimum atomic E-state index is -0.497. The van der Waals surface area contributed by atoms with E-state index in [1.807, 2.05) is 38.1 Å². The molecule has 3 N–H and O–H groups in total. The maximum absolute atomic E-state index is 12.7. The normalized spacial score (nSPS) is 11.5. The van der Waals surface area contributed by atoms with Crippen LogP contribution in [0.4, 0.5) is 5.82 Å². The summed E-state index contributed by atoms with van der Waals surface area (Å²) in [5, 5.41) is 19.4. The van der Waals surface area contributed by atoms with Gasteiger partial charge >= 0.3 is 0 Å². The van der Waals surface area contributed by atoms with Gasteiger partial charge in [-0.05, 0) is 42.7 Å². The van der Waals surface area contributed by atoms with Gasteiger partial charge in [0, 0.05) is 5.56 Å². The van der Waals surface area contributed by atoms with Crippen molar-refractivity contribution < 1.29 is 14.2 Å². The number of nitrogens with two attached hydrogens (primary N) is 1. The van der Waals surface area contributed by atoms with Crippen molar-refractivity contribution in [1.82, 2.24) is 30.7 Å². The van der Waals surface area contributed by atoms with Crippen molar-refractivity contribution in [2.75, 3.05) is 12.3 Å². The van der Waals surface area contributed by atoms with Gasteiger partial charge in [0.25, 0.3) is 5.91 Å². The maximum atomic E-state index is 12.7. The number of rotatable bonds is 8. The van der Waals surface area contributed by atoms with Crippen LogP contribution in [0.15, 0.2) is 34.0 Å². The lowest BCUT2D eigenvalue weighted by Crippen LogP contribution is -2.22. The number of ether oxygens (including phenoxy) is 1. The summed E-state index contributed by atoms with van der Waals surface area (Å²) < 4.78 is 11.6. The molecule has 0 aliphatic rings. The molecule has 0 aliphatic heterocycles. The molecule has 0 radical (unpaired) electrons. The van der Waals surface area contributed by atoms with Gasteiger partial charge in [-0.2, -0.15) is 9.78 Å². The summed E-state index contributed by atoms with van der Waals surface area (Å²) in [5.74, 6) is 0.436. The molecule has 0 saturated heterocycles. The molecule has 29 heavy (non-hydrogen) atoms. The summed E-state index contributed by atoms with van der Waals surface area (Å²) in [4.78, 5) is 12.7. The van der Waals surface area contributed by atoms with E-state index in [2.05, 4.69) is 35.8 Å². The number of carbonyl (C=O) groups excluding carboxylic acids is 1. The number of hydrogen-bond acceptors (Lipinski definition) is 9. The van der Waals surface area contributed by atoms with E-state index in [1.165, 1.54) is 4.68 Å². The van der Waals surface area contributed by atoms with Crippen LogP contribution in [0.25, 0.3) is 5.82 Å². The van der Waals surface area contributed by atoms with Gasteiger partial charge in [-0.15, -0.1) is 5.10 Å². The van der Waals surface area contributed by atoms with Crippen LogP contribution < -0.4 is 15.9 Å². The number of carbonyl (C=O) groups is 1. The first-order chi connectivity index (χ1) is 14.1. The van der Waals surface area contributed by atoms with Gasteiger partial charge in [0.15, 0.2) is 5.69 Å². The highest BCUT2D eigenvalue weighted by Crippen LogP contribution is 2.19. The summed E-state index contributed by atoms with van der Waals surface area (Å²) >= 11 is 0. The molecule has 11 nitrogen and oxygen atoms in total. The third-order valence-corrected chi connectivity index (χ3v) is 4.06. The molecule has 0 bridgehead atoms. The van der Waals surface area contributed by atoms with Crippen molar-refractivity contribution in [3.05, 3.63) is 41.2 Å². The van der Waals surface area contributed by atoms with Crippen LogP contribution in [-0.2, 0) is 6.42 Å². The lowest BCUT2D eigenvalue weighted by Gasteiger charge is -2.09. The van der Waals surface area contributed by atoms with Gasteiger partial charge in [0.2, 0.25) is 11.6 Å². The van der Waals surface area contributed by atoms with Crippen LogP contribution in [-0.4, -0.2) is 43.5 Å². The van der Waals surface area contributed by atoms with E-state index < -0.39 is 5.91 Å². The summed E-state index contributed by atoms with van der Waals surface area (Å²) in [7, 11) is 0. The van der Waals surface area contributed by atoms with Gasteiger partial charge in [-0.25, -0.2) is 10.1 Å². The Hall–Kier alpha value is -3.76. The number of nitrogen functional groups attached to an aromatic ring is 1. The van der Waals surface area contributed by atoms with E-state index in [0.717, 1.165) is 12.0 Å². The second kappa shape index (κ2) is 8.95. The second-order valence-corrected chi connectivity index (χ2v) is 6.09. The fourth-order valence-electron chi connectivity index (χ4n) is 2.74. The SMILES string of the molecule is CCCc1c(C(=O)NN=C(C)c2ccccc2OCC)nnn1-c1nonc1N. The molecule has 2 heterocycles. The molecule has 0 saturated carbocycles. The largest absolute Gasteiger partial charge is 0.493 e. The van der Waals surface area contributed by atoms with Gasteiger partial charge < -0.3 is 10.5 Å². The van der Waals surface area contributed by atoms with Gasteiger partial charge in [-0.1, -0.05) is 30.7 Å². The first-order valence-electron chi connectivity index (χ1n) is 9.16. The molecule has 3 aromatic rings. The third kappa shape index (κ3) is 4.23. The van der Waals surface area contributed by atoms with Crippen molar-refractivity contribution in [2.45, 2.75) is 33.6 Å². The predicted octanol–water partition coefficient (Wildman–Crippen LogP) is 1.74. The Morgan fingerprint density at radius 2 is 2.10 bits per heavy atom. The van der Waals surface area contributed by atoms with Gasteiger partial charge in [-0.3, -0.25) is 4.79 Å². The topological polar surface area (TPSA) is 146 Å². The lowest BCUT2D eigenvalue weighted by molar-refractivity contribution is 0.0948. The predicted molar refractivity (Wildman–Crippen MR) is 105 cm³/mol. The van der Waals surface area contributed by atoms with Crippen LogP contribution >= 0.6 is 0 Å². The molecule has 1 aromatic carbocycles. The summed E-state index contributed by atoms with van der Waals surface area (Å²) in [6.45, 7) is 6.18. The smallest absolute Gasteiger partial charge is 0.293 e. The first-order valence-corrected chi connectivity index (χ1v) is 9.16. The Labute approximate surface area is 166 Å². The lowest BCUT2D eigenvalue weighted by atomic mass is 10.1. The Bertz CT molecular complexity index is 1020. The quantitative estimate of drug-likeness (QED) is 0.431. The molecule has 2 aromatic heterocycles. The molecule has 1 amide bonds. The average molecular weight is 398 g/mol. The Balaban J connectivity index is 1.85. The molecule has 0 atom stereocenters. The van der Waals surface area contributed by atoms with Gasteiger partial charge in [0.05, 0.1) is 18.0 Å². The number of amides is 1. The van der Waals surface area contributed by atoms with E-state index >= 15 is 0 Å². The maximum Gasteiger partial charge on any atom is 0.293 e. The van der Waals surface area contributed by atoms with E-state index in [9.17, 15) is 4.79 Å². The standard InChI is InChI=1S/C18H22N8O3/c1-4-8-13-15(21-25-26(13)17-16(19)23-29-24-17)18(27)22-20-11(3)12-9-6-7-10-14(12)28-5-2/h6-7,9-10H,4-5,8H2,1-3H3,(H2,19,23)(H,22,27). The molecule has 152 valence electrons. The van der Waals surface area contributed by atoms with E-state index in [-0.39, 0.29) is 17.3 Å². The van der Waals surface area contributed by atoms with Crippen LogP contribution in [0.1, 0.15) is 48.9 Å². The molecule has 0 fully saturated rings. The zero-order chi connectivity index (χ0) is 20.8. The molecule has 11 heteroatoms. The molecule has 0 aliphatic carbocycles. The second-order valence-electron chi connectivity index (χ2n) is 6.09. The summed E-state index contributed by atoms with van der Waals surface area (Å²) in [6, 6.07) is 7.47. The van der Waals surface area contributed by atoms with Crippen LogP contribution in [0, 0.1) is 0 Å². The zero-order valence-corrected chi connectivity index (χ0v) is 16.4. The number of para-hydroxylation sites is 1. The fourth-order valence-corrected chi connectivity index (χ4v) is 2.74. The third-order valence-electron chi connectivity index (χ3n) is 4.06. The number of hydrazone groups is 1. The Morgan fingerprint density at radius 3 is 2.79 bits per heavy atom. The molecule has 3 rings (SSSR count). The van der Waals surface area contributed by atoms with Gasteiger partial charge in [0.1, 0.15) is 5.75 Å². The highest BCUT2D eigenvalue weighted by molar-refractivity contribution is 6.02. The number of nitrogens with one attached hydrogen (secondary N) is 1. The number of aromatic nitrogens is 5. The van der Waals surface area contributed by atoms with Crippen molar-refractivity contribution >= 4 is 17.4 Å². The molecular formula is C18H22N8O3. The molecule has 0 spiro atoms. The molecule has 0 unspecified atom stereocenters. The first kappa shape index (κ1) is 20.0. The van der Waals surface area contributed by atoms with Crippen molar-refractivity contribution in [2.24, 2.45) is 5.10 Å². The summed E-state index contributed by atoms with van der Waals surface area (Å²) in [5.41, 5.74) is 10.3. The van der Waals surface area contributed by atoms with E-state index in [0.29, 0.717) is 30.2 Å². The monoisotopic (exact) mass is 398 g/mol. The number of hydrogen-bond donors (Lipinski definition) is 2. The van der Waals surface area contributed by atoms with Crippen LogP contribution in [0.3, 0.4) is 0 Å². The van der Waals surface area contributed by atoms with Crippen molar-refractivity contribution in [1.29, 1.82) is 0 Å². The van der Waals surface area contributed by atoms with E-state index in [4.69, 9.17) is 10.5 Å². The van der Waals surface area contributed by atoms with Crippen LogP contribution in [0.2, 0.25) is 0 Å². The van der Waals surface area contributed by atoms with Crippen molar-refractivity contribution in [3.63, 3.8) is 0 Å². The average Bonchev–Trinajstić information content (AvgIpc) is 3.32. The van der Waals surface area contributed by atoms with E-state index in [1.54, 1.807) is 6.92 Å². The number of anilines is 1. The highest BCUT2D eigenvalue weighted by atomic mass is 16.6. The fraction of sp³-hybridized carbons (Fsp3) is 0.333. The minimum absolute atomic E-state index is 0.0561. The Morgan fingerprint density at radius 1 is 1.31 bits per heavy atom. The summed E-state index contributed by atoms with van der Waals surface area (Å²) in [6.07, 6.45) is 1.28. The van der Waals surface area contributed by atoms with Crippen molar-refractivity contribution in [3.8, 4) is 11.6 Å². The van der Waals surface area contributed by atoms with Crippen LogP contribution in [0.5, 0.6) is 5.75 Å².